The standard InChI is InChI=1S/C18H24Cl2O/c1-2-3-4-5-13-6-8-14(9-7-13)15-10-11-16(18(20)21)17(19)12-15/h10-14H,2-9H2,1H3. The van der Waals surface area contributed by atoms with Crippen molar-refractivity contribution in [1.82, 2.24) is 0 Å². The highest BCUT2D eigenvalue weighted by Crippen LogP contribution is 2.38. The van der Waals surface area contributed by atoms with E-state index < -0.39 is 5.24 Å². The Hall–Kier alpha value is -0.530. The van der Waals surface area contributed by atoms with Crippen molar-refractivity contribution in [3.05, 3.63) is 34.3 Å². The Labute approximate surface area is 138 Å². The number of carbonyl (C=O) groups excluding carboxylic acids is 1. The molecule has 0 amide bonds. The molecule has 0 saturated heterocycles. The van der Waals surface area contributed by atoms with Gasteiger partial charge in [-0.05, 0) is 66.8 Å². The second kappa shape index (κ2) is 8.19. The maximum Gasteiger partial charge on any atom is 0.253 e. The summed E-state index contributed by atoms with van der Waals surface area (Å²) in [6, 6.07) is 5.71. The lowest BCUT2D eigenvalue weighted by molar-refractivity contribution is 0.108. The van der Waals surface area contributed by atoms with Gasteiger partial charge in [0.05, 0.1) is 10.6 Å². The van der Waals surface area contributed by atoms with E-state index in [0.29, 0.717) is 16.5 Å². The highest BCUT2D eigenvalue weighted by atomic mass is 35.5. The van der Waals surface area contributed by atoms with E-state index in [1.165, 1.54) is 56.9 Å². The van der Waals surface area contributed by atoms with E-state index >= 15 is 0 Å². The molecule has 0 N–H and O–H groups in total. The normalized spacial score (nSPS) is 22.2. The molecule has 0 atom stereocenters. The van der Waals surface area contributed by atoms with E-state index in [1.54, 1.807) is 6.07 Å². The summed E-state index contributed by atoms with van der Waals surface area (Å²) in [4.78, 5) is 11.2. The molecule has 1 aromatic carbocycles. The predicted octanol–water partition coefficient (Wildman–Crippen LogP) is 6.57. The first kappa shape index (κ1) is 16.8. The number of unbranched alkanes of at least 4 members (excludes halogenated alkanes) is 2. The topological polar surface area (TPSA) is 17.1 Å². The number of benzene rings is 1. The minimum absolute atomic E-state index is 0.412. The van der Waals surface area contributed by atoms with Crippen molar-refractivity contribution < 1.29 is 4.79 Å². The van der Waals surface area contributed by atoms with E-state index in [1.807, 2.05) is 12.1 Å². The molecule has 2 rings (SSSR count). The summed E-state index contributed by atoms with van der Waals surface area (Å²) < 4.78 is 0. The lowest BCUT2D eigenvalue weighted by atomic mass is 9.77. The Morgan fingerprint density at radius 2 is 1.90 bits per heavy atom. The second-order valence-electron chi connectivity index (χ2n) is 6.23. The molecule has 0 radical (unpaired) electrons. The van der Waals surface area contributed by atoms with Crippen molar-refractivity contribution in [3.8, 4) is 0 Å². The molecule has 0 heterocycles. The maximum atomic E-state index is 11.2. The first-order chi connectivity index (χ1) is 10.1. The van der Waals surface area contributed by atoms with Crippen LogP contribution in [0.1, 0.15) is 80.1 Å². The first-order valence-corrected chi connectivity index (χ1v) is 8.86. The van der Waals surface area contributed by atoms with Crippen LogP contribution in [0.3, 0.4) is 0 Å². The molecule has 1 aromatic rings. The summed E-state index contributed by atoms with van der Waals surface area (Å²) in [5.41, 5.74) is 1.67. The van der Waals surface area contributed by atoms with Gasteiger partial charge in [0, 0.05) is 0 Å². The highest BCUT2D eigenvalue weighted by Gasteiger charge is 2.22. The van der Waals surface area contributed by atoms with Crippen molar-refractivity contribution in [3.63, 3.8) is 0 Å². The molecule has 116 valence electrons. The molecule has 1 aliphatic rings. The average Bonchev–Trinajstić information content (AvgIpc) is 2.48. The minimum atomic E-state index is -0.480. The molecular formula is C18H24Cl2O. The molecule has 1 fully saturated rings. The Morgan fingerprint density at radius 1 is 1.19 bits per heavy atom. The van der Waals surface area contributed by atoms with Crippen LogP contribution in [0.25, 0.3) is 0 Å². The monoisotopic (exact) mass is 326 g/mol. The summed E-state index contributed by atoms with van der Waals surface area (Å²) in [5.74, 6) is 1.50. The summed E-state index contributed by atoms with van der Waals surface area (Å²) in [6.45, 7) is 2.26. The van der Waals surface area contributed by atoms with Gasteiger partial charge < -0.3 is 0 Å². The van der Waals surface area contributed by atoms with Gasteiger partial charge in [-0.15, -0.1) is 0 Å². The zero-order chi connectivity index (χ0) is 15.2. The van der Waals surface area contributed by atoms with Crippen LogP contribution in [0.2, 0.25) is 5.02 Å². The molecule has 1 aliphatic carbocycles. The van der Waals surface area contributed by atoms with Crippen LogP contribution in [0.5, 0.6) is 0 Å². The lowest BCUT2D eigenvalue weighted by Crippen LogP contribution is -2.13. The number of rotatable bonds is 6. The van der Waals surface area contributed by atoms with Gasteiger partial charge in [-0.25, -0.2) is 0 Å². The molecule has 21 heavy (non-hydrogen) atoms. The van der Waals surface area contributed by atoms with Crippen LogP contribution in [-0.2, 0) is 0 Å². The SMILES string of the molecule is CCCCCC1CCC(c2ccc(C(=O)Cl)c(Cl)c2)CC1. The van der Waals surface area contributed by atoms with E-state index in [4.69, 9.17) is 23.2 Å². The van der Waals surface area contributed by atoms with E-state index in [9.17, 15) is 4.79 Å². The third kappa shape index (κ3) is 4.72. The summed E-state index contributed by atoms with van der Waals surface area (Å²) >= 11 is 11.7. The van der Waals surface area contributed by atoms with Gasteiger partial charge in [0.2, 0.25) is 0 Å². The molecule has 0 aromatic heterocycles. The van der Waals surface area contributed by atoms with Gasteiger partial charge in [0.1, 0.15) is 0 Å². The van der Waals surface area contributed by atoms with Crippen molar-refractivity contribution in [2.75, 3.05) is 0 Å². The molecule has 0 bridgehead atoms. The quantitative estimate of drug-likeness (QED) is 0.426. The number of hydrogen-bond acceptors (Lipinski definition) is 1. The van der Waals surface area contributed by atoms with Crippen molar-refractivity contribution >= 4 is 28.4 Å². The Bertz CT molecular complexity index is 476. The Kier molecular flexibility index (Phi) is 6.57. The Balaban J connectivity index is 1.90. The number of carbonyl (C=O) groups is 1. The molecule has 0 unspecified atom stereocenters. The first-order valence-electron chi connectivity index (χ1n) is 8.11. The van der Waals surface area contributed by atoms with Crippen LogP contribution in [0, 0.1) is 5.92 Å². The largest absolute Gasteiger partial charge is 0.276 e. The zero-order valence-electron chi connectivity index (χ0n) is 12.7. The third-order valence-electron chi connectivity index (χ3n) is 4.74. The smallest absolute Gasteiger partial charge is 0.253 e. The second-order valence-corrected chi connectivity index (χ2v) is 6.98. The summed E-state index contributed by atoms with van der Waals surface area (Å²) in [6.07, 6.45) is 10.6. The van der Waals surface area contributed by atoms with Crippen LogP contribution < -0.4 is 0 Å². The van der Waals surface area contributed by atoms with Crippen LogP contribution in [0.15, 0.2) is 18.2 Å². The number of halogens is 2. The average molecular weight is 327 g/mol. The Morgan fingerprint density at radius 3 is 2.48 bits per heavy atom. The fraction of sp³-hybridized carbons (Fsp3) is 0.611. The van der Waals surface area contributed by atoms with Crippen molar-refractivity contribution in [1.29, 1.82) is 0 Å². The maximum absolute atomic E-state index is 11.2. The van der Waals surface area contributed by atoms with Gasteiger partial charge in [-0.1, -0.05) is 50.3 Å². The predicted molar refractivity (Wildman–Crippen MR) is 90.5 cm³/mol. The fourth-order valence-electron chi connectivity index (χ4n) is 3.41. The van der Waals surface area contributed by atoms with Gasteiger partial charge in [-0.2, -0.15) is 0 Å². The van der Waals surface area contributed by atoms with Crippen LogP contribution in [-0.4, -0.2) is 5.24 Å². The highest BCUT2D eigenvalue weighted by molar-refractivity contribution is 6.68. The molecular weight excluding hydrogens is 303 g/mol. The van der Waals surface area contributed by atoms with Gasteiger partial charge in [-0.3, -0.25) is 4.79 Å². The van der Waals surface area contributed by atoms with Gasteiger partial charge >= 0.3 is 0 Å². The van der Waals surface area contributed by atoms with E-state index in [2.05, 4.69) is 6.92 Å². The summed E-state index contributed by atoms with van der Waals surface area (Å²) in [5, 5.41) is 0.00347. The van der Waals surface area contributed by atoms with Gasteiger partial charge in [0.15, 0.2) is 0 Å². The van der Waals surface area contributed by atoms with Crippen molar-refractivity contribution in [2.45, 2.75) is 64.2 Å². The minimum Gasteiger partial charge on any atom is -0.276 e. The van der Waals surface area contributed by atoms with Gasteiger partial charge in [0.25, 0.3) is 5.24 Å². The van der Waals surface area contributed by atoms with E-state index in [0.717, 1.165) is 5.92 Å². The van der Waals surface area contributed by atoms with Crippen LogP contribution in [0.4, 0.5) is 0 Å². The van der Waals surface area contributed by atoms with E-state index in [-0.39, 0.29) is 0 Å². The molecule has 0 aliphatic heterocycles. The third-order valence-corrected chi connectivity index (χ3v) is 5.26. The van der Waals surface area contributed by atoms with Crippen molar-refractivity contribution in [2.24, 2.45) is 5.92 Å². The molecule has 0 spiro atoms. The molecule has 1 nitrogen and oxygen atoms in total. The van der Waals surface area contributed by atoms with Crippen LogP contribution >= 0.6 is 23.2 Å². The molecule has 1 saturated carbocycles. The fourth-order valence-corrected chi connectivity index (χ4v) is 3.90. The zero-order valence-corrected chi connectivity index (χ0v) is 14.2. The summed E-state index contributed by atoms with van der Waals surface area (Å²) in [7, 11) is 0. The number of hydrogen-bond donors (Lipinski definition) is 0. The lowest BCUT2D eigenvalue weighted by Gasteiger charge is -2.29. The molecule has 3 heteroatoms.